The molecule has 0 saturated carbocycles. The molecule has 208 valence electrons. The van der Waals surface area contributed by atoms with Crippen LogP contribution in [0.3, 0.4) is 0 Å². The van der Waals surface area contributed by atoms with E-state index in [4.69, 9.17) is 51.1 Å². The fraction of sp³-hybridized carbons (Fsp3) is 0.120. The summed E-state index contributed by atoms with van der Waals surface area (Å²) in [7, 11) is -4.34. The largest absolute Gasteiger partial charge is 0.457 e. The van der Waals surface area contributed by atoms with Crippen LogP contribution >= 0.6 is 46.4 Å². The smallest absolute Gasteiger partial charge is 0.276 e. The van der Waals surface area contributed by atoms with Crippen molar-refractivity contribution < 1.29 is 23.2 Å². The highest BCUT2D eigenvalue weighted by Gasteiger charge is 2.44. The van der Waals surface area contributed by atoms with E-state index in [1.54, 1.807) is 12.1 Å². The predicted octanol–water partition coefficient (Wildman–Crippen LogP) is 5.37. The number of nitrogens with one attached hydrogen (secondary N) is 2. The van der Waals surface area contributed by atoms with Gasteiger partial charge < -0.3 is 4.74 Å². The third kappa shape index (κ3) is 5.46. The lowest BCUT2D eigenvalue weighted by Crippen LogP contribution is -2.48. The van der Waals surface area contributed by atoms with Crippen molar-refractivity contribution in [2.75, 3.05) is 6.54 Å². The molecule has 0 aliphatic carbocycles. The Morgan fingerprint density at radius 2 is 1.50 bits per heavy atom. The van der Waals surface area contributed by atoms with E-state index in [1.165, 1.54) is 54.0 Å². The minimum Gasteiger partial charge on any atom is -0.457 e. The molecule has 4 aromatic rings. The SMILES string of the molecule is O=C(NO)C1c2c([nH]n(-c3cc(Cl)cc(Cl)c3)c2=O)CCN1S(=O)(=O)c1ccc(Oc2cc(Cl)cc(Cl)c2)cc1. The van der Waals surface area contributed by atoms with E-state index >= 15 is 0 Å². The minimum absolute atomic E-state index is 0.0804. The highest BCUT2D eigenvalue weighted by molar-refractivity contribution is 7.89. The number of benzene rings is 3. The first-order valence-corrected chi connectivity index (χ1v) is 14.4. The number of rotatable bonds is 6. The number of hydrogen-bond acceptors (Lipinski definition) is 6. The zero-order valence-electron chi connectivity index (χ0n) is 20.1. The first-order valence-electron chi connectivity index (χ1n) is 11.5. The number of aromatic nitrogens is 2. The maximum absolute atomic E-state index is 13.7. The Morgan fingerprint density at radius 1 is 0.925 bits per heavy atom. The van der Waals surface area contributed by atoms with Crippen LogP contribution in [0.25, 0.3) is 5.69 Å². The molecule has 1 amide bonds. The van der Waals surface area contributed by atoms with Gasteiger partial charge in [0, 0.05) is 38.8 Å². The summed E-state index contributed by atoms with van der Waals surface area (Å²) in [4.78, 5) is 26.1. The number of amides is 1. The number of H-pyrrole nitrogens is 1. The maximum Gasteiger partial charge on any atom is 0.276 e. The molecule has 2 heterocycles. The second-order valence-electron chi connectivity index (χ2n) is 8.70. The Kier molecular flexibility index (Phi) is 7.90. The molecule has 1 aliphatic heterocycles. The first kappa shape index (κ1) is 28.5. The van der Waals surface area contributed by atoms with Gasteiger partial charge in [0.2, 0.25) is 10.0 Å². The molecule has 1 aliphatic rings. The van der Waals surface area contributed by atoms with Crippen LogP contribution in [0.1, 0.15) is 17.3 Å². The first-order chi connectivity index (χ1) is 19.0. The molecule has 10 nitrogen and oxygen atoms in total. The lowest BCUT2D eigenvalue weighted by molar-refractivity contribution is -0.133. The van der Waals surface area contributed by atoms with E-state index in [1.807, 2.05) is 0 Å². The Morgan fingerprint density at radius 3 is 2.08 bits per heavy atom. The van der Waals surface area contributed by atoms with Crippen LogP contribution in [0.4, 0.5) is 0 Å². The van der Waals surface area contributed by atoms with E-state index in [-0.39, 0.29) is 39.2 Å². The number of ether oxygens (including phenoxy) is 1. The number of halogens is 4. The fourth-order valence-electron chi connectivity index (χ4n) is 4.43. The zero-order valence-corrected chi connectivity index (χ0v) is 23.9. The van der Waals surface area contributed by atoms with Crippen LogP contribution in [0.5, 0.6) is 11.5 Å². The summed E-state index contributed by atoms with van der Waals surface area (Å²) in [6, 6.07) is 12.8. The van der Waals surface area contributed by atoms with Gasteiger partial charge in [0.25, 0.3) is 11.5 Å². The van der Waals surface area contributed by atoms with Gasteiger partial charge in [0.15, 0.2) is 0 Å². The second-order valence-corrected chi connectivity index (χ2v) is 12.3. The number of fused-ring (bicyclic) bond motifs is 1. The van der Waals surface area contributed by atoms with E-state index in [0.717, 1.165) is 8.99 Å². The van der Waals surface area contributed by atoms with Crippen molar-refractivity contribution >= 4 is 62.3 Å². The van der Waals surface area contributed by atoms with Gasteiger partial charge in [-0.25, -0.2) is 18.6 Å². The van der Waals surface area contributed by atoms with Crippen molar-refractivity contribution in [3.8, 4) is 17.2 Å². The summed E-state index contributed by atoms with van der Waals surface area (Å²) in [5, 5.41) is 13.6. The quantitative estimate of drug-likeness (QED) is 0.191. The molecule has 0 fully saturated rings. The van der Waals surface area contributed by atoms with Crippen molar-refractivity contribution in [1.82, 2.24) is 19.6 Å². The second kappa shape index (κ2) is 11.1. The topological polar surface area (TPSA) is 134 Å². The van der Waals surface area contributed by atoms with Crippen molar-refractivity contribution in [3.63, 3.8) is 0 Å². The summed E-state index contributed by atoms with van der Waals surface area (Å²) < 4.78 is 35.1. The number of carbonyl (C=O) groups is 1. The van der Waals surface area contributed by atoms with E-state index in [2.05, 4.69) is 5.10 Å². The molecule has 1 atom stereocenters. The molecule has 3 N–H and O–H groups in total. The minimum atomic E-state index is -4.34. The third-order valence-electron chi connectivity index (χ3n) is 6.12. The molecule has 0 radical (unpaired) electrons. The Bertz CT molecular complexity index is 1750. The fourth-order valence-corrected chi connectivity index (χ4v) is 7.02. The summed E-state index contributed by atoms with van der Waals surface area (Å²) in [5.74, 6) is -0.452. The molecule has 3 aromatic carbocycles. The molecule has 1 aromatic heterocycles. The van der Waals surface area contributed by atoms with Crippen LogP contribution in [0.2, 0.25) is 20.1 Å². The van der Waals surface area contributed by atoms with Gasteiger partial charge in [0.05, 0.1) is 16.1 Å². The van der Waals surface area contributed by atoms with Gasteiger partial charge in [-0.3, -0.25) is 19.9 Å². The molecular weight excluding hydrogens is 626 g/mol. The number of hydrogen-bond donors (Lipinski definition) is 3. The lowest BCUT2D eigenvalue weighted by atomic mass is 10.0. The molecule has 0 saturated heterocycles. The van der Waals surface area contributed by atoms with Crippen LogP contribution in [-0.4, -0.2) is 40.2 Å². The average molecular weight is 644 g/mol. The monoisotopic (exact) mass is 642 g/mol. The highest BCUT2D eigenvalue weighted by Crippen LogP contribution is 2.34. The normalized spacial score (nSPS) is 15.5. The number of hydroxylamine groups is 1. The van der Waals surface area contributed by atoms with Crippen molar-refractivity contribution in [1.29, 1.82) is 0 Å². The van der Waals surface area contributed by atoms with Crippen molar-refractivity contribution in [3.05, 3.63) is 102 Å². The number of carbonyl (C=O) groups excluding carboxylic acids is 1. The van der Waals surface area contributed by atoms with Crippen molar-refractivity contribution in [2.45, 2.75) is 17.4 Å². The van der Waals surface area contributed by atoms with E-state index in [9.17, 15) is 23.2 Å². The van der Waals surface area contributed by atoms with Crippen LogP contribution in [0, 0.1) is 0 Å². The standard InChI is InChI=1S/C25H18Cl4N4O6S/c26-13-7-14(27)10-17(9-13)33-25(35)22-21(30-33)5-6-32(23(22)24(34)31-36)40(37,38)20-3-1-18(2-4-20)39-19-11-15(28)8-16(29)12-19/h1-4,7-12,23,30,36H,5-6H2,(H,31,34). The van der Waals surface area contributed by atoms with Crippen LogP contribution in [0.15, 0.2) is 70.4 Å². The molecule has 5 rings (SSSR count). The number of sulfonamides is 1. The van der Waals surface area contributed by atoms with Crippen LogP contribution < -0.4 is 15.8 Å². The van der Waals surface area contributed by atoms with Gasteiger partial charge in [-0.1, -0.05) is 46.4 Å². The molecule has 0 spiro atoms. The van der Waals surface area contributed by atoms with Gasteiger partial charge in [-0.2, -0.15) is 4.31 Å². The van der Waals surface area contributed by atoms with Crippen molar-refractivity contribution in [2.24, 2.45) is 0 Å². The molecule has 40 heavy (non-hydrogen) atoms. The van der Waals surface area contributed by atoms with Gasteiger partial charge in [0.1, 0.15) is 17.5 Å². The molecule has 0 bridgehead atoms. The zero-order chi connectivity index (χ0) is 28.8. The molecular formula is C25H18Cl4N4O6S. The molecule has 15 heteroatoms. The summed E-state index contributed by atoms with van der Waals surface area (Å²) in [5.41, 5.74) is 1.24. The Labute approximate surface area is 247 Å². The number of nitrogens with zero attached hydrogens (tertiary/aromatic N) is 2. The van der Waals surface area contributed by atoms with Gasteiger partial charge in [-0.15, -0.1) is 0 Å². The van der Waals surface area contributed by atoms with E-state index in [0.29, 0.717) is 27.2 Å². The summed E-state index contributed by atoms with van der Waals surface area (Å²) in [6.07, 6.45) is 0.0804. The average Bonchev–Trinajstić information content (AvgIpc) is 3.23. The molecule has 1 unspecified atom stereocenters. The van der Waals surface area contributed by atoms with E-state index < -0.39 is 27.5 Å². The summed E-state index contributed by atoms with van der Waals surface area (Å²) >= 11 is 24.2. The van der Waals surface area contributed by atoms with Gasteiger partial charge in [-0.05, 0) is 60.7 Å². The maximum atomic E-state index is 13.7. The lowest BCUT2D eigenvalue weighted by Gasteiger charge is -2.32. The number of aromatic amines is 1. The Hall–Kier alpha value is -3.03. The summed E-state index contributed by atoms with van der Waals surface area (Å²) in [6.45, 7) is -0.164. The third-order valence-corrected chi connectivity index (χ3v) is 8.87. The Balaban J connectivity index is 1.50. The van der Waals surface area contributed by atoms with Crippen LogP contribution in [-0.2, 0) is 21.2 Å². The highest BCUT2D eigenvalue weighted by atomic mass is 35.5. The van der Waals surface area contributed by atoms with Gasteiger partial charge >= 0.3 is 0 Å². The predicted molar refractivity (Wildman–Crippen MR) is 150 cm³/mol.